The molecule has 0 atom stereocenters. The summed E-state index contributed by atoms with van der Waals surface area (Å²) in [4.78, 5) is 4.02. The van der Waals surface area contributed by atoms with E-state index in [9.17, 15) is 4.39 Å². The zero-order valence-electron chi connectivity index (χ0n) is 9.55. The Morgan fingerprint density at radius 2 is 2.16 bits per heavy atom. The number of benzene rings is 1. The van der Waals surface area contributed by atoms with E-state index in [0.717, 1.165) is 0 Å². The molecule has 98 valence electrons. The minimum absolute atomic E-state index is 0.132. The summed E-state index contributed by atoms with van der Waals surface area (Å²) in [5, 5.41) is 11.4. The number of ether oxygens (including phenoxy) is 1. The fourth-order valence-corrected chi connectivity index (χ4v) is 1.57. The third-order valence-corrected chi connectivity index (χ3v) is 2.85. The molecule has 1 heterocycles. The third-order valence-electron chi connectivity index (χ3n) is 2.21. The van der Waals surface area contributed by atoms with Gasteiger partial charge in [0.25, 0.3) is 0 Å². The van der Waals surface area contributed by atoms with Crippen LogP contribution in [0.4, 0.5) is 4.39 Å². The number of amidine groups is 1. The van der Waals surface area contributed by atoms with Crippen molar-refractivity contribution < 1.29 is 14.3 Å². The van der Waals surface area contributed by atoms with Crippen molar-refractivity contribution >= 4 is 21.8 Å². The molecule has 0 fully saturated rings. The van der Waals surface area contributed by atoms with Crippen molar-refractivity contribution in [2.45, 2.75) is 0 Å². The zero-order valence-corrected chi connectivity index (χ0v) is 11.1. The Morgan fingerprint density at radius 1 is 1.37 bits per heavy atom. The topological polar surface area (TPSA) is 80.7 Å². The fourth-order valence-electron chi connectivity index (χ4n) is 1.33. The summed E-state index contributed by atoms with van der Waals surface area (Å²) in [5.41, 5.74) is 5.68. The van der Waals surface area contributed by atoms with Gasteiger partial charge in [-0.15, -0.1) is 0 Å². The average Bonchev–Trinajstić information content (AvgIpc) is 2.42. The lowest BCUT2D eigenvalue weighted by Crippen LogP contribution is -2.14. The van der Waals surface area contributed by atoms with Crippen LogP contribution in [0.15, 0.2) is 46.0 Å². The van der Waals surface area contributed by atoms with Crippen LogP contribution in [-0.4, -0.2) is 16.0 Å². The van der Waals surface area contributed by atoms with Gasteiger partial charge in [0.05, 0.1) is 4.47 Å². The van der Waals surface area contributed by atoms with Gasteiger partial charge in [-0.1, -0.05) is 11.2 Å². The Morgan fingerprint density at radius 3 is 2.84 bits per heavy atom. The summed E-state index contributed by atoms with van der Waals surface area (Å²) in [7, 11) is 0. The van der Waals surface area contributed by atoms with Crippen LogP contribution in [0, 0.1) is 5.82 Å². The van der Waals surface area contributed by atoms with Gasteiger partial charge in [0.1, 0.15) is 17.3 Å². The SMILES string of the molecule is NC(=NO)c1cccc(Oc2ccc(Br)c(F)c2)n1. The number of rotatable bonds is 3. The average molecular weight is 326 g/mol. The highest BCUT2D eigenvalue weighted by molar-refractivity contribution is 9.10. The minimum Gasteiger partial charge on any atom is -0.439 e. The molecule has 0 amide bonds. The van der Waals surface area contributed by atoms with Crippen molar-refractivity contribution in [1.82, 2.24) is 4.98 Å². The zero-order chi connectivity index (χ0) is 13.8. The second-order valence-corrected chi connectivity index (χ2v) is 4.38. The van der Waals surface area contributed by atoms with Crippen LogP contribution in [-0.2, 0) is 0 Å². The molecule has 0 unspecified atom stereocenters. The van der Waals surface area contributed by atoms with E-state index in [1.165, 1.54) is 12.1 Å². The minimum atomic E-state index is -0.440. The second kappa shape index (κ2) is 5.66. The summed E-state index contributed by atoms with van der Waals surface area (Å²) in [6.07, 6.45) is 0. The molecule has 0 spiro atoms. The smallest absolute Gasteiger partial charge is 0.219 e. The van der Waals surface area contributed by atoms with Gasteiger partial charge in [0, 0.05) is 12.1 Å². The van der Waals surface area contributed by atoms with Gasteiger partial charge in [-0.05, 0) is 34.1 Å². The van der Waals surface area contributed by atoms with E-state index in [4.69, 9.17) is 15.7 Å². The Hall–Kier alpha value is -2.15. The van der Waals surface area contributed by atoms with Crippen LogP contribution >= 0.6 is 15.9 Å². The number of pyridine rings is 1. The molecule has 0 saturated carbocycles. The number of oxime groups is 1. The van der Waals surface area contributed by atoms with E-state index in [0.29, 0.717) is 10.2 Å². The van der Waals surface area contributed by atoms with Crippen molar-refractivity contribution in [3.05, 3.63) is 52.4 Å². The molecule has 0 aliphatic rings. The molecule has 5 nitrogen and oxygen atoms in total. The Kier molecular flexibility index (Phi) is 3.96. The maximum atomic E-state index is 13.3. The number of halogens is 2. The number of nitrogens with two attached hydrogens (primary N) is 1. The van der Waals surface area contributed by atoms with E-state index in [2.05, 4.69) is 26.1 Å². The summed E-state index contributed by atoms with van der Waals surface area (Å²) in [5.74, 6) is -0.0618. The Labute approximate surface area is 116 Å². The third kappa shape index (κ3) is 3.19. The number of hydrogen-bond donors (Lipinski definition) is 2. The lowest BCUT2D eigenvalue weighted by atomic mass is 10.3. The van der Waals surface area contributed by atoms with Gasteiger partial charge in [0.2, 0.25) is 5.88 Å². The standard InChI is InChI=1S/C12H9BrFN3O2/c13-8-5-4-7(6-9(8)14)19-11-3-1-2-10(16-11)12(15)17-18/h1-6,18H,(H2,15,17). The Balaban J connectivity index is 2.26. The largest absolute Gasteiger partial charge is 0.439 e. The summed E-state index contributed by atoms with van der Waals surface area (Å²) in [6.45, 7) is 0. The van der Waals surface area contributed by atoms with Crippen molar-refractivity contribution in [2.24, 2.45) is 10.9 Å². The van der Waals surface area contributed by atoms with Crippen molar-refractivity contribution in [2.75, 3.05) is 0 Å². The monoisotopic (exact) mass is 325 g/mol. The molecule has 0 bridgehead atoms. The first-order chi connectivity index (χ1) is 9.10. The predicted molar refractivity (Wildman–Crippen MR) is 70.9 cm³/mol. The van der Waals surface area contributed by atoms with E-state index in [1.54, 1.807) is 24.3 Å². The van der Waals surface area contributed by atoms with Gasteiger partial charge in [-0.3, -0.25) is 0 Å². The molecule has 1 aromatic heterocycles. The van der Waals surface area contributed by atoms with Crippen LogP contribution in [0.5, 0.6) is 11.6 Å². The Bertz CT molecular complexity index is 634. The van der Waals surface area contributed by atoms with E-state index in [1.807, 2.05) is 0 Å². The summed E-state index contributed by atoms with van der Waals surface area (Å²) in [6, 6.07) is 9.11. The molecular formula is C12H9BrFN3O2. The first kappa shape index (κ1) is 13.3. The molecule has 0 saturated heterocycles. The second-order valence-electron chi connectivity index (χ2n) is 3.52. The lowest BCUT2D eigenvalue weighted by molar-refractivity contribution is 0.318. The lowest BCUT2D eigenvalue weighted by Gasteiger charge is -2.06. The molecule has 3 N–H and O–H groups in total. The molecule has 7 heteroatoms. The first-order valence-electron chi connectivity index (χ1n) is 5.18. The van der Waals surface area contributed by atoms with Gasteiger partial charge in [-0.25, -0.2) is 9.37 Å². The van der Waals surface area contributed by atoms with E-state index in [-0.39, 0.29) is 17.4 Å². The molecular weight excluding hydrogens is 317 g/mol. The van der Waals surface area contributed by atoms with E-state index < -0.39 is 5.82 Å². The first-order valence-corrected chi connectivity index (χ1v) is 5.97. The molecule has 0 radical (unpaired) electrons. The predicted octanol–water partition coefficient (Wildman–Crippen LogP) is 2.87. The highest BCUT2D eigenvalue weighted by Gasteiger charge is 2.06. The summed E-state index contributed by atoms with van der Waals surface area (Å²) < 4.78 is 19.1. The van der Waals surface area contributed by atoms with Crippen LogP contribution in [0.3, 0.4) is 0 Å². The molecule has 1 aromatic carbocycles. The van der Waals surface area contributed by atoms with Crippen LogP contribution in [0.1, 0.15) is 5.69 Å². The van der Waals surface area contributed by atoms with Gasteiger partial charge < -0.3 is 15.7 Å². The summed E-state index contributed by atoms with van der Waals surface area (Å²) >= 11 is 3.05. The van der Waals surface area contributed by atoms with Crippen molar-refractivity contribution in [1.29, 1.82) is 0 Å². The molecule has 2 aromatic rings. The highest BCUT2D eigenvalue weighted by atomic mass is 79.9. The van der Waals surface area contributed by atoms with Gasteiger partial charge in [-0.2, -0.15) is 0 Å². The molecule has 2 rings (SSSR count). The van der Waals surface area contributed by atoms with Crippen LogP contribution < -0.4 is 10.5 Å². The fraction of sp³-hybridized carbons (Fsp3) is 0. The molecule has 0 aliphatic carbocycles. The van der Waals surface area contributed by atoms with Crippen molar-refractivity contribution in [3.63, 3.8) is 0 Å². The number of aromatic nitrogens is 1. The molecule has 0 aliphatic heterocycles. The molecule has 19 heavy (non-hydrogen) atoms. The van der Waals surface area contributed by atoms with Gasteiger partial charge >= 0.3 is 0 Å². The maximum Gasteiger partial charge on any atom is 0.219 e. The highest BCUT2D eigenvalue weighted by Crippen LogP contribution is 2.24. The van der Waals surface area contributed by atoms with Gasteiger partial charge in [0.15, 0.2) is 5.84 Å². The quantitative estimate of drug-likeness (QED) is 0.393. The van der Waals surface area contributed by atoms with Crippen LogP contribution in [0.2, 0.25) is 0 Å². The maximum absolute atomic E-state index is 13.3. The van der Waals surface area contributed by atoms with Crippen molar-refractivity contribution in [3.8, 4) is 11.6 Å². The normalized spacial score (nSPS) is 11.4. The number of nitrogens with zero attached hydrogens (tertiary/aromatic N) is 2. The number of hydrogen-bond acceptors (Lipinski definition) is 4. The van der Waals surface area contributed by atoms with E-state index >= 15 is 0 Å². The van der Waals surface area contributed by atoms with Crippen LogP contribution in [0.25, 0.3) is 0 Å².